The van der Waals surface area contributed by atoms with Crippen LogP contribution in [0.4, 0.5) is 8.78 Å². The lowest BCUT2D eigenvalue weighted by atomic mass is 10.3. The molecule has 1 aromatic carbocycles. The lowest BCUT2D eigenvalue weighted by molar-refractivity contribution is -0.134. The van der Waals surface area contributed by atoms with Crippen LogP contribution in [-0.2, 0) is 4.79 Å². The maximum Gasteiger partial charge on any atom is 0.260 e. The first kappa shape index (κ1) is 14.4. The van der Waals surface area contributed by atoms with E-state index in [-0.39, 0.29) is 25.0 Å². The second kappa shape index (κ2) is 6.30. The van der Waals surface area contributed by atoms with Gasteiger partial charge in [0.25, 0.3) is 5.91 Å². The van der Waals surface area contributed by atoms with Gasteiger partial charge in [0.05, 0.1) is 12.6 Å². The minimum absolute atomic E-state index is 0.173. The molecule has 0 spiro atoms. The summed E-state index contributed by atoms with van der Waals surface area (Å²) in [5.74, 6) is -2.16. The molecule has 0 saturated heterocycles. The summed E-state index contributed by atoms with van der Waals surface area (Å²) in [6.45, 7) is 1.12. The molecule has 0 aromatic heterocycles. The van der Waals surface area contributed by atoms with E-state index in [1.807, 2.05) is 0 Å². The van der Waals surface area contributed by atoms with Crippen LogP contribution in [0.2, 0.25) is 0 Å². The number of aliphatic hydroxyl groups excluding tert-OH is 1. The molecule has 0 saturated carbocycles. The zero-order chi connectivity index (χ0) is 13.7. The summed E-state index contributed by atoms with van der Waals surface area (Å²) >= 11 is 0. The summed E-state index contributed by atoms with van der Waals surface area (Å²) < 4.78 is 30.8. The smallest absolute Gasteiger partial charge is 0.260 e. The number of nitrogens with zero attached hydrogens (tertiary/aromatic N) is 1. The van der Waals surface area contributed by atoms with Crippen LogP contribution in [-0.4, -0.2) is 42.2 Å². The van der Waals surface area contributed by atoms with E-state index in [1.165, 1.54) is 11.9 Å². The highest BCUT2D eigenvalue weighted by Gasteiger charge is 2.16. The minimum Gasteiger partial charge on any atom is -0.481 e. The Kier molecular flexibility index (Phi) is 5.03. The zero-order valence-electron chi connectivity index (χ0n) is 10.2. The van der Waals surface area contributed by atoms with Crippen molar-refractivity contribution in [2.24, 2.45) is 0 Å². The summed E-state index contributed by atoms with van der Waals surface area (Å²) in [6, 6.07) is 2.50. The number of ether oxygens (including phenoxy) is 1. The van der Waals surface area contributed by atoms with Gasteiger partial charge in [-0.25, -0.2) is 8.78 Å². The van der Waals surface area contributed by atoms with Gasteiger partial charge < -0.3 is 14.7 Å². The second-order valence-corrected chi connectivity index (χ2v) is 3.90. The summed E-state index contributed by atoms with van der Waals surface area (Å²) in [5.41, 5.74) is 0. The molecule has 1 amide bonds. The van der Waals surface area contributed by atoms with E-state index in [4.69, 9.17) is 9.84 Å². The van der Waals surface area contributed by atoms with E-state index in [9.17, 15) is 13.6 Å². The van der Waals surface area contributed by atoms with Gasteiger partial charge in [-0.3, -0.25) is 4.79 Å². The predicted molar refractivity (Wildman–Crippen MR) is 61.2 cm³/mol. The van der Waals surface area contributed by atoms with E-state index in [0.29, 0.717) is 6.07 Å². The van der Waals surface area contributed by atoms with Crippen molar-refractivity contribution >= 4 is 5.91 Å². The third kappa shape index (κ3) is 3.66. The average molecular weight is 259 g/mol. The monoisotopic (exact) mass is 259 g/mol. The number of aliphatic hydroxyl groups is 1. The van der Waals surface area contributed by atoms with Crippen LogP contribution in [0.1, 0.15) is 6.92 Å². The molecular formula is C12H15F2NO3. The van der Waals surface area contributed by atoms with Gasteiger partial charge in [0, 0.05) is 13.1 Å². The molecule has 1 unspecified atom stereocenters. The lowest BCUT2D eigenvalue weighted by Gasteiger charge is -2.23. The number of hydrogen-bond donors (Lipinski definition) is 1. The largest absolute Gasteiger partial charge is 0.481 e. The molecule has 1 atom stereocenters. The average Bonchev–Trinajstić information content (AvgIpc) is 2.35. The summed E-state index contributed by atoms with van der Waals surface area (Å²) in [5, 5.41) is 8.88. The maximum atomic E-state index is 13.2. The van der Waals surface area contributed by atoms with Gasteiger partial charge >= 0.3 is 0 Å². The molecule has 0 aliphatic heterocycles. The topological polar surface area (TPSA) is 49.8 Å². The minimum atomic E-state index is -0.861. The Hall–Kier alpha value is -1.69. The Morgan fingerprint density at radius 2 is 2.17 bits per heavy atom. The highest BCUT2D eigenvalue weighted by molar-refractivity contribution is 5.77. The molecular weight excluding hydrogens is 244 g/mol. The molecule has 0 heterocycles. The molecule has 0 fully saturated rings. The third-order valence-corrected chi connectivity index (χ3v) is 2.56. The van der Waals surface area contributed by atoms with Crippen molar-refractivity contribution in [2.75, 3.05) is 20.3 Å². The van der Waals surface area contributed by atoms with E-state index in [2.05, 4.69) is 0 Å². The van der Waals surface area contributed by atoms with Crippen LogP contribution in [0.5, 0.6) is 5.75 Å². The Morgan fingerprint density at radius 1 is 1.50 bits per heavy atom. The zero-order valence-corrected chi connectivity index (χ0v) is 10.2. The summed E-state index contributed by atoms with van der Waals surface area (Å²) in [6.07, 6.45) is 0. The highest BCUT2D eigenvalue weighted by Crippen LogP contribution is 2.17. The SMILES string of the molecule is CC(CO)N(C)C(=O)COc1ccc(F)cc1F. The van der Waals surface area contributed by atoms with E-state index in [1.54, 1.807) is 6.92 Å². The summed E-state index contributed by atoms with van der Waals surface area (Å²) in [4.78, 5) is 12.9. The van der Waals surface area contributed by atoms with Crippen LogP contribution < -0.4 is 4.74 Å². The normalized spacial score (nSPS) is 12.1. The van der Waals surface area contributed by atoms with Crippen LogP contribution in [0, 0.1) is 11.6 Å². The Balaban J connectivity index is 2.57. The fraction of sp³-hybridized carbons (Fsp3) is 0.417. The van der Waals surface area contributed by atoms with Gasteiger partial charge in [0.15, 0.2) is 18.2 Å². The predicted octanol–water partition coefficient (Wildman–Crippen LogP) is 1.18. The first-order chi connectivity index (χ1) is 8.45. The number of carbonyl (C=O) groups excluding carboxylic acids is 1. The number of benzene rings is 1. The molecule has 100 valence electrons. The van der Waals surface area contributed by atoms with Crippen LogP contribution in [0.15, 0.2) is 18.2 Å². The lowest BCUT2D eigenvalue weighted by Crippen LogP contribution is -2.40. The second-order valence-electron chi connectivity index (χ2n) is 3.90. The van der Waals surface area contributed by atoms with Crippen molar-refractivity contribution in [3.8, 4) is 5.75 Å². The quantitative estimate of drug-likeness (QED) is 0.864. The molecule has 1 N–H and O–H groups in total. The highest BCUT2D eigenvalue weighted by atomic mass is 19.1. The van der Waals surface area contributed by atoms with Crippen molar-refractivity contribution in [1.82, 2.24) is 4.90 Å². The van der Waals surface area contributed by atoms with E-state index >= 15 is 0 Å². The molecule has 1 aromatic rings. The van der Waals surface area contributed by atoms with Gasteiger partial charge in [0.2, 0.25) is 0 Å². The third-order valence-electron chi connectivity index (χ3n) is 2.56. The molecule has 0 radical (unpaired) electrons. The molecule has 0 aliphatic rings. The van der Waals surface area contributed by atoms with Gasteiger partial charge in [-0.2, -0.15) is 0 Å². The molecule has 0 aliphatic carbocycles. The summed E-state index contributed by atoms with van der Waals surface area (Å²) in [7, 11) is 1.51. The molecule has 1 rings (SSSR count). The van der Waals surface area contributed by atoms with Crippen LogP contribution >= 0.6 is 0 Å². The molecule has 4 nitrogen and oxygen atoms in total. The first-order valence-corrected chi connectivity index (χ1v) is 5.40. The van der Waals surface area contributed by atoms with Crippen molar-refractivity contribution in [3.63, 3.8) is 0 Å². The Labute approximate surface area is 104 Å². The number of rotatable bonds is 5. The van der Waals surface area contributed by atoms with Crippen molar-refractivity contribution in [3.05, 3.63) is 29.8 Å². The molecule has 18 heavy (non-hydrogen) atoms. The number of amides is 1. The van der Waals surface area contributed by atoms with Gasteiger partial charge in [-0.1, -0.05) is 0 Å². The van der Waals surface area contributed by atoms with Crippen molar-refractivity contribution in [1.29, 1.82) is 0 Å². The fourth-order valence-electron chi connectivity index (χ4n) is 1.20. The van der Waals surface area contributed by atoms with Crippen LogP contribution in [0.3, 0.4) is 0 Å². The molecule has 0 bridgehead atoms. The Bertz CT molecular complexity index is 426. The van der Waals surface area contributed by atoms with Crippen molar-refractivity contribution in [2.45, 2.75) is 13.0 Å². The van der Waals surface area contributed by atoms with Crippen molar-refractivity contribution < 1.29 is 23.4 Å². The fourth-order valence-corrected chi connectivity index (χ4v) is 1.20. The number of carbonyl (C=O) groups is 1. The maximum absolute atomic E-state index is 13.2. The number of likely N-dealkylation sites (N-methyl/N-ethyl adjacent to an activating group) is 1. The first-order valence-electron chi connectivity index (χ1n) is 5.40. The number of halogens is 2. The van der Waals surface area contributed by atoms with Gasteiger partial charge in [-0.05, 0) is 19.1 Å². The van der Waals surface area contributed by atoms with Gasteiger partial charge in [-0.15, -0.1) is 0 Å². The van der Waals surface area contributed by atoms with E-state index in [0.717, 1.165) is 12.1 Å². The van der Waals surface area contributed by atoms with E-state index < -0.39 is 17.5 Å². The number of hydrogen-bond acceptors (Lipinski definition) is 3. The Morgan fingerprint density at radius 3 is 2.72 bits per heavy atom. The molecule has 6 heteroatoms. The standard InChI is InChI=1S/C12H15F2NO3/c1-8(6-16)15(2)12(17)7-18-11-4-3-9(13)5-10(11)14/h3-5,8,16H,6-7H2,1-2H3. The van der Waals surface area contributed by atoms with Crippen LogP contribution in [0.25, 0.3) is 0 Å². The van der Waals surface area contributed by atoms with Gasteiger partial charge in [0.1, 0.15) is 5.82 Å².